The molecule has 1 aliphatic heterocycles. The van der Waals surface area contributed by atoms with Gasteiger partial charge in [-0.1, -0.05) is 6.08 Å². The van der Waals surface area contributed by atoms with Gasteiger partial charge in [0, 0.05) is 6.54 Å². The van der Waals surface area contributed by atoms with E-state index < -0.39 is 0 Å². The largest absolute Gasteiger partial charge is 0.394 e. The molecule has 4 nitrogen and oxygen atoms in total. The Hall–Kier alpha value is -0.870. The van der Waals surface area contributed by atoms with E-state index in [1.165, 1.54) is 6.08 Å². The maximum absolute atomic E-state index is 11.4. The van der Waals surface area contributed by atoms with Gasteiger partial charge in [0.1, 0.15) is 0 Å². The molecule has 1 rings (SSSR count). The van der Waals surface area contributed by atoms with E-state index in [0.717, 1.165) is 0 Å². The number of nitrogens with zero attached hydrogens (tertiary/aromatic N) is 1. The summed E-state index contributed by atoms with van der Waals surface area (Å²) in [6, 6.07) is -0.183. The number of aliphatic hydroxyl groups excluding tert-OH is 1. The highest BCUT2D eigenvalue weighted by Crippen LogP contribution is 2.06. The maximum atomic E-state index is 11.4. The van der Waals surface area contributed by atoms with Gasteiger partial charge in [0.15, 0.2) is 0 Å². The van der Waals surface area contributed by atoms with Gasteiger partial charge in [0.2, 0.25) is 5.91 Å². The van der Waals surface area contributed by atoms with Crippen LogP contribution in [0.2, 0.25) is 0 Å². The van der Waals surface area contributed by atoms with Crippen LogP contribution in [0.4, 0.5) is 0 Å². The minimum atomic E-state index is -0.183. The van der Waals surface area contributed by atoms with Crippen molar-refractivity contribution in [2.75, 3.05) is 26.4 Å². The van der Waals surface area contributed by atoms with Crippen LogP contribution in [-0.2, 0) is 9.53 Å². The molecule has 0 aromatic carbocycles. The number of carbonyl (C=O) groups is 1. The number of hydrogen-bond donors (Lipinski definition) is 1. The van der Waals surface area contributed by atoms with Gasteiger partial charge in [-0.3, -0.25) is 4.79 Å². The van der Waals surface area contributed by atoms with Crippen LogP contribution in [0, 0.1) is 0 Å². The normalized spacial score (nSPS) is 23.8. The van der Waals surface area contributed by atoms with Gasteiger partial charge in [-0.25, -0.2) is 0 Å². The van der Waals surface area contributed by atoms with Gasteiger partial charge >= 0.3 is 0 Å². The highest BCUT2D eigenvalue weighted by atomic mass is 16.5. The van der Waals surface area contributed by atoms with E-state index in [4.69, 9.17) is 9.84 Å². The first kappa shape index (κ1) is 10.2. The quantitative estimate of drug-likeness (QED) is 0.605. The van der Waals surface area contributed by atoms with Crippen molar-refractivity contribution in [1.82, 2.24) is 4.90 Å². The van der Waals surface area contributed by atoms with Gasteiger partial charge in [-0.05, 0) is 13.0 Å². The van der Waals surface area contributed by atoms with E-state index >= 15 is 0 Å². The molecule has 4 heteroatoms. The van der Waals surface area contributed by atoms with Gasteiger partial charge in [0.05, 0.1) is 25.9 Å². The fraction of sp³-hybridized carbons (Fsp3) is 0.667. The van der Waals surface area contributed by atoms with E-state index in [-0.39, 0.29) is 18.6 Å². The highest BCUT2D eigenvalue weighted by molar-refractivity contribution is 5.87. The van der Waals surface area contributed by atoms with Crippen LogP contribution in [0.5, 0.6) is 0 Å². The zero-order chi connectivity index (χ0) is 9.68. The highest BCUT2D eigenvalue weighted by Gasteiger charge is 2.24. The Bertz CT molecular complexity index is 203. The SMILES string of the molecule is C/C=C/C(=O)N1CCOCC1CO. The van der Waals surface area contributed by atoms with Crippen LogP contribution in [-0.4, -0.2) is 48.3 Å². The molecular formula is C9H15NO3. The summed E-state index contributed by atoms with van der Waals surface area (Å²) in [6.07, 6.45) is 3.21. The third kappa shape index (κ3) is 2.54. The van der Waals surface area contributed by atoms with E-state index in [2.05, 4.69) is 0 Å². The fourth-order valence-electron chi connectivity index (χ4n) is 1.33. The number of rotatable bonds is 2. The minimum absolute atomic E-state index is 0.0384. The van der Waals surface area contributed by atoms with E-state index in [9.17, 15) is 4.79 Å². The van der Waals surface area contributed by atoms with E-state index in [1.54, 1.807) is 17.9 Å². The van der Waals surface area contributed by atoms with Crippen molar-refractivity contribution in [2.24, 2.45) is 0 Å². The second kappa shape index (κ2) is 4.99. The molecule has 1 saturated heterocycles. The Morgan fingerprint density at radius 2 is 2.54 bits per heavy atom. The van der Waals surface area contributed by atoms with Crippen LogP contribution >= 0.6 is 0 Å². The summed E-state index contributed by atoms with van der Waals surface area (Å²) in [7, 11) is 0. The molecule has 1 fully saturated rings. The molecule has 0 aromatic rings. The average molecular weight is 185 g/mol. The zero-order valence-electron chi connectivity index (χ0n) is 7.77. The molecule has 1 heterocycles. The predicted octanol–water partition coefficient (Wildman–Crippen LogP) is -0.218. The van der Waals surface area contributed by atoms with Gasteiger partial charge in [-0.15, -0.1) is 0 Å². The van der Waals surface area contributed by atoms with Crippen molar-refractivity contribution in [3.63, 3.8) is 0 Å². The molecule has 1 aliphatic rings. The molecule has 0 saturated carbocycles. The average Bonchev–Trinajstić information content (AvgIpc) is 2.18. The standard InChI is InChI=1S/C9H15NO3/c1-2-3-9(12)10-4-5-13-7-8(10)6-11/h2-3,8,11H,4-7H2,1H3/b3-2+. The molecule has 0 spiro atoms. The summed E-state index contributed by atoms with van der Waals surface area (Å²) in [5.41, 5.74) is 0. The second-order valence-corrected chi connectivity index (χ2v) is 2.94. The van der Waals surface area contributed by atoms with Crippen molar-refractivity contribution in [3.05, 3.63) is 12.2 Å². The summed E-state index contributed by atoms with van der Waals surface area (Å²) in [5, 5.41) is 8.98. The number of hydrogen-bond acceptors (Lipinski definition) is 3. The van der Waals surface area contributed by atoms with Crippen LogP contribution in [0.15, 0.2) is 12.2 Å². The lowest BCUT2D eigenvalue weighted by Gasteiger charge is -2.33. The smallest absolute Gasteiger partial charge is 0.246 e. The summed E-state index contributed by atoms with van der Waals surface area (Å²) >= 11 is 0. The lowest BCUT2D eigenvalue weighted by Crippen LogP contribution is -2.49. The number of aliphatic hydroxyl groups is 1. The number of carbonyl (C=O) groups excluding carboxylic acids is 1. The number of amides is 1. The van der Waals surface area contributed by atoms with Crippen LogP contribution < -0.4 is 0 Å². The molecule has 1 N–H and O–H groups in total. The van der Waals surface area contributed by atoms with E-state index in [0.29, 0.717) is 19.8 Å². The number of ether oxygens (including phenoxy) is 1. The number of allylic oxidation sites excluding steroid dienone is 1. The monoisotopic (exact) mass is 185 g/mol. The maximum Gasteiger partial charge on any atom is 0.246 e. The molecule has 1 atom stereocenters. The lowest BCUT2D eigenvalue weighted by atomic mass is 10.2. The zero-order valence-corrected chi connectivity index (χ0v) is 7.77. The first-order chi connectivity index (χ1) is 6.29. The molecule has 0 aromatic heterocycles. The molecule has 0 bridgehead atoms. The third-order valence-electron chi connectivity index (χ3n) is 2.03. The second-order valence-electron chi connectivity index (χ2n) is 2.94. The van der Waals surface area contributed by atoms with Crippen LogP contribution in [0.25, 0.3) is 0 Å². The summed E-state index contributed by atoms with van der Waals surface area (Å²) in [4.78, 5) is 13.1. The van der Waals surface area contributed by atoms with Gasteiger partial charge in [0.25, 0.3) is 0 Å². The van der Waals surface area contributed by atoms with Crippen molar-refractivity contribution in [2.45, 2.75) is 13.0 Å². The van der Waals surface area contributed by atoms with Gasteiger partial charge in [-0.2, -0.15) is 0 Å². The summed E-state index contributed by atoms with van der Waals surface area (Å²) in [6.45, 7) is 3.31. The van der Waals surface area contributed by atoms with Crippen molar-refractivity contribution < 1.29 is 14.6 Å². The predicted molar refractivity (Wildman–Crippen MR) is 48.2 cm³/mol. The molecule has 0 aliphatic carbocycles. The van der Waals surface area contributed by atoms with Crippen LogP contribution in [0.1, 0.15) is 6.92 Å². The summed E-state index contributed by atoms with van der Waals surface area (Å²) in [5.74, 6) is -0.0511. The molecule has 13 heavy (non-hydrogen) atoms. The van der Waals surface area contributed by atoms with E-state index in [1.807, 2.05) is 0 Å². The van der Waals surface area contributed by atoms with Crippen molar-refractivity contribution >= 4 is 5.91 Å². The first-order valence-electron chi connectivity index (χ1n) is 4.41. The van der Waals surface area contributed by atoms with Crippen molar-refractivity contribution in [3.8, 4) is 0 Å². The minimum Gasteiger partial charge on any atom is -0.394 e. The van der Waals surface area contributed by atoms with Crippen LogP contribution in [0.3, 0.4) is 0 Å². The Kier molecular flexibility index (Phi) is 3.92. The molecule has 1 unspecified atom stereocenters. The molecule has 0 radical (unpaired) electrons. The topological polar surface area (TPSA) is 49.8 Å². The third-order valence-corrected chi connectivity index (χ3v) is 2.03. The van der Waals surface area contributed by atoms with Gasteiger partial charge < -0.3 is 14.7 Å². The Labute approximate surface area is 77.8 Å². The molecular weight excluding hydrogens is 170 g/mol. The van der Waals surface area contributed by atoms with Crippen molar-refractivity contribution in [1.29, 1.82) is 0 Å². The Morgan fingerprint density at radius 1 is 1.77 bits per heavy atom. The molecule has 1 amide bonds. The first-order valence-corrected chi connectivity index (χ1v) is 4.41. The Balaban J connectivity index is 2.58. The fourth-order valence-corrected chi connectivity index (χ4v) is 1.33. The molecule has 74 valence electrons. The lowest BCUT2D eigenvalue weighted by molar-refractivity contribution is -0.136. The number of morpholine rings is 1. The summed E-state index contributed by atoms with van der Waals surface area (Å²) < 4.78 is 5.15. The Morgan fingerprint density at radius 3 is 3.15 bits per heavy atom.